The fourth-order valence-electron chi connectivity index (χ4n) is 2.99. The molecular weight excluding hydrogens is 204 g/mol. The van der Waals surface area contributed by atoms with Crippen LogP contribution in [0.2, 0.25) is 0 Å². The van der Waals surface area contributed by atoms with Gasteiger partial charge in [0, 0.05) is 25.2 Å². The molecule has 2 N–H and O–H groups in total. The first-order valence-corrected chi connectivity index (χ1v) is 6.04. The van der Waals surface area contributed by atoms with Crippen molar-refractivity contribution in [2.75, 3.05) is 13.1 Å². The van der Waals surface area contributed by atoms with Crippen LogP contribution in [0.1, 0.15) is 25.7 Å². The molecule has 0 saturated carbocycles. The van der Waals surface area contributed by atoms with Crippen molar-refractivity contribution in [1.82, 2.24) is 10.2 Å². The molecule has 0 aromatic rings. The van der Waals surface area contributed by atoms with Gasteiger partial charge in [0.05, 0.1) is 6.10 Å². The van der Waals surface area contributed by atoms with E-state index in [0.717, 1.165) is 19.4 Å². The van der Waals surface area contributed by atoms with Gasteiger partial charge < -0.3 is 10.4 Å². The number of hydrogen-bond donors (Lipinski definition) is 2. The summed E-state index contributed by atoms with van der Waals surface area (Å²) in [5, 5.41) is 12.4. The van der Waals surface area contributed by atoms with Gasteiger partial charge in [0.2, 0.25) is 5.91 Å². The van der Waals surface area contributed by atoms with Crippen LogP contribution in [0.15, 0.2) is 12.7 Å². The van der Waals surface area contributed by atoms with Crippen molar-refractivity contribution < 1.29 is 9.90 Å². The Morgan fingerprint density at radius 1 is 1.44 bits per heavy atom. The predicted molar refractivity (Wildman–Crippen MR) is 62.0 cm³/mol. The molecule has 16 heavy (non-hydrogen) atoms. The number of aliphatic hydroxyl groups excluding tert-OH is 1. The van der Waals surface area contributed by atoms with E-state index in [4.69, 9.17) is 0 Å². The standard InChI is InChI=1S/C12H20N2O2/c1-2-12(16)13-5-6-14-9-3-4-10(14)8-11(15)7-9/h2,9-11,15H,1,3-8H2,(H,13,16). The van der Waals surface area contributed by atoms with Gasteiger partial charge in [-0.1, -0.05) is 6.58 Å². The highest BCUT2D eigenvalue weighted by Gasteiger charge is 2.39. The Kier molecular flexibility index (Phi) is 3.61. The summed E-state index contributed by atoms with van der Waals surface area (Å²) in [5.41, 5.74) is 0. The van der Waals surface area contributed by atoms with Crippen molar-refractivity contribution in [2.24, 2.45) is 0 Å². The summed E-state index contributed by atoms with van der Waals surface area (Å²) >= 11 is 0. The molecule has 4 nitrogen and oxygen atoms in total. The third-order valence-electron chi connectivity index (χ3n) is 3.71. The molecule has 0 aliphatic carbocycles. The number of amides is 1. The first kappa shape index (κ1) is 11.6. The molecule has 2 heterocycles. The molecule has 1 amide bonds. The fourth-order valence-corrected chi connectivity index (χ4v) is 2.99. The number of rotatable bonds is 4. The molecule has 90 valence electrons. The van der Waals surface area contributed by atoms with E-state index in [1.54, 1.807) is 0 Å². The summed E-state index contributed by atoms with van der Waals surface area (Å²) in [5.74, 6) is -0.107. The third kappa shape index (κ3) is 2.44. The third-order valence-corrected chi connectivity index (χ3v) is 3.71. The van der Waals surface area contributed by atoms with Crippen molar-refractivity contribution in [2.45, 2.75) is 43.9 Å². The van der Waals surface area contributed by atoms with Gasteiger partial charge in [0.1, 0.15) is 0 Å². The smallest absolute Gasteiger partial charge is 0.243 e. The Balaban J connectivity index is 1.78. The molecule has 4 heteroatoms. The normalized spacial score (nSPS) is 33.7. The van der Waals surface area contributed by atoms with E-state index < -0.39 is 0 Å². The van der Waals surface area contributed by atoms with Crippen LogP contribution in [0.5, 0.6) is 0 Å². The molecule has 2 rings (SSSR count). The average Bonchev–Trinajstić information content (AvgIpc) is 2.51. The maximum atomic E-state index is 11.0. The lowest BCUT2D eigenvalue weighted by Crippen LogP contribution is -2.47. The lowest BCUT2D eigenvalue weighted by atomic mass is 10.00. The number of nitrogens with zero attached hydrogens (tertiary/aromatic N) is 1. The molecular formula is C12H20N2O2. The number of aliphatic hydroxyl groups is 1. The Morgan fingerprint density at radius 2 is 2.06 bits per heavy atom. The van der Waals surface area contributed by atoms with Crippen molar-refractivity contribution in [3.63, 3.8) is 0 Å². The minimum atomic E-state index is -0.114. The average molecular weight is 224 g/mol. The zero-order valence-electron chi connectivity index (χ0n) is 9.56. The van der Waals surface area contributed by atoms with E-state index in [0.29, 0.717) is 18.6 Å². The topological polar surface area (TPSA) is 52.6 Å². The van der Waals surface area contributed by atoms with E-state index in [2.05, 4.69) is 16.8 Å². The Hall–Kier alpha value is -0.870. The summed E-state index contributed by atoms with van der Waals surface area (Å²) in [6, 6.07) is 1.05. The van der Waals surface area contributed by atoms with Crippen molar-refractivity contribution in [1.29, 1.82) is 0 Å². The van der Waals surface area contributed by atoms with Crippen molar-refractivity contribution >= 4 is 5.91 Å². The molecule has 2 unspecified atom stereocenters. The van der Waals surface area contributed by atoms with Crippen LogP contribution in [0.4, 0.5) is 0 Å². The lowest BCUT2D eigenvalue weighted by molar-refractivity contribution is -0.116. The second kappa shape index (κ2) is 4.97. The Morgan fingerprint density at radius 3 is 2.62 bits per heavy atom. The highest BCUT2D eigenvalue weighted by molar-refractivity contribution is 5.86. The van der Waals surface area contributed by atoms with Crippen molar-refractivity contribution in [3.05, 3.63) is 12.7 Å². The van der Waals surface area contributed by atoms with Crippen LogP contribution in [0.3, 0.4) is 0 Å². The highest BCUT2D eigenvalue weighted by Crippen LogP contribution is 2.35. The van der Waals surface area contributed by atoms with Crippen LogP contribution < -0.4 is 5.32 Å². The van der Waals surface area contributed by atoms with Gasteiger partial charge in [-0.15, -0.1) is 0 Å². The van der Waals surface area contributed by atoms with Gasteiger partial charge in [0.25, 0.3) is 0 Å². The first-order chi connectivity index (χ1) is 7.70. The highest BCUT2D eigenvalue weighted by atomic mass is 16.3. The van der Waals surface area contributed by atoms with Crippen LogP contribution in [-0.4, -0.2) is 47.2 Å². The molecule has 0 spiro atoms. The number of fused-ring (bicyclic) bond motifs is 2. The zero-order chi connectivity index (χ0) is 11.5. The van der Waals surface area contributed by atoms with Gasteiger partial charge in [-0.2, -0.15) is 0 Å². The number of hydrogen-bond acceptors (Lipinski definition) is 3. The summed E-state index contributed by atoms with van der Waals surface area (Å²) in [6.45, 7) is 4.98. The van der Waals surface area contributed by atoms with E-state index in [9.17, 15) is 9.90 Å². The molecule has 2 atom stereocenters. The van der Waals surface area contributed by atoms with E-state index >= 15 is 0 Å². The maximum Gasteiger partial charge on any atom is 0.243 e. The van der Waals surface area contributed by atoms with Crippen LogP contribution >= 0.6 is 0 Å². The van der Waals surface area contributed by atoms with Crippen molar-refractivity contribution in [3.8, 4) is 0 Å². The number of carbonyl (C=O) groups is 1. The second-order valence-corrected chi connectivity index (χ2v) is 4.74. The molecule has 2 aliphatic heterocycles. The molecule has 2 aliphatic rings. The minimum Gasteiger partial charge on any atom is -0.393 e. The second-order valence-electron chi connectivity index (χ2n) is 4.74. The van der Waals surface area contributed by atoms with Gasteiger partial charge in [0.15, 0.2) is 0 Å². The lowest BCUT2D eigenvalue weighted by Gasteiger charge is -2.37. The molecule has 0 aromatic heterocycles. The first-order valence-electron chi connectivity index (χ1n) is 6.04. The Labute approximate surface area is 96.3 Å². The summed E-state index contributed by atoms with van der Waals surface area (Å²) in [6.07, 6.45) is 5.36. The number of piperidine rings is 1. The van der Waals surface area contributed by atoms with Crippen LogP contribution in [0, 0.1) is 0 Å². The van der Waals surface area contributed by atoms with E-state index in [1.165, 1.54) is 18.9 Å². The largest absolute Gasteiger partial charge is 0.393 e. The fraction of sp³-hybridized carbons (Fsp3) is 0.750. The van der Waals surface area contributed by atoms with Gasteiger partial charge in [-0.05, 0) is 31.8 Å². The monoisotopic (exact) mass is 224 g/mol. The summed E-state index contributed by atoms with van der Waals surface area (Å²) in [7, 11) is 0. The molecule has 2 fully saturated rings. The summed E-state index contributed by atoms with van der Waals surface area (Å²) < 4.78 is 0. The molecule has 2 bridgehead atoms. The molecule has 0 aromatic carbocycles. The molecule has 0 radical (unpaired) electrons. The molecule has 2 saturated heterocycles. The van der Waals surface area contributed by atoms with Gasteiger partial charge in [-0.3, -0.25) is 9.69 Å². The van der Waals surface area contributed by atoms with E-state index in [-0.39, 0.29) is 12.0 Å². The minimum absolute atomic E-state index is 0.107. The maximum absolute atomic E-state index is 11.0. The van der Waals surface area contributed by atoms with Gasteiger partial charge in [-0.25, -0.2) is 0 Å². The van der Waals surface area contributed by atoms with Gasteiger partial charge >= 0.3 is 0 Å². The SMILES string of the molecule is C=CC(=O)NCCN1C2CCC1CC(O)C2. The number of carbonyl (C=O) groups excluding carboxylic acids is 1. The zero-order valence-corrected chi connectivity index (χ0v) is 9.56. The number of nitrogens with one attached hydrogen (secondary N) is 1. The Bertz CT molecular complexity index is 266. The van der Waals surface area contributed by atoms with Crippen LogP contribution in [0.25, 0.3) is 0 Å². The van der Waals surface area contributed by atoms with Crippen LogP contribution in [-0.2, 0) is 4.79 Å². The predicted octanol–water partition coefficient (Wildman–Crippen LogP) is 0.276. The quantitative estimate of drug-likeness (QED) is 0.674. The van der Waals surface area contributed by atoms with E-state index in [1.807, 2.05) is 0 Å². The summed E-state index contributed by atoms with van der Waals surface area (Å²) in [4.78, 5) is 13.4.